The standard InChI is InChI=1S/C16H25Cl2N3O/c1-4-22-16-13(17)9-12(10-14(16)18)15(11-20(2)3)21-7-5-19-6-8-21/h9-10,15,19H,4-8,11H2,1-3H3. The van der Waals surface area contributed by atoms with Gasteiger partial charge >= 0.3 is 0 Å². The Labute approximate surface area is 143 Å². The first kappa shape index (κ1) is 17.8. The molecule has 6 heteroatoms. The van der Waals surface area contributed by atoms with Crippen molar-refractivity contribution >= 4 is 23.2 Å². The quantitative estimate of drug-likeness (QED) is 0.857. The van der Waals surface area contributed by atoms with Gasteiger partial charge in [0.25, 0.3) is 0 Å². The Morgan fingerprint density at radius 2 is 1.82 bits per heavy atom. The third-order valence-corrected chi connectivity index (χ3v) is 4.39. The minimum Gasteiger partial charge on any atom is -0.491 e. The van der Waals surface area contributed by atoms with Crippen LogP contribution in [-0.4, -0.2) is 63.2 Å². The molecule has 2 rings (SSSR count). The van der Waals surface area contributed by atoms with Crippen molar-refractivity contribution < 1.29 is 4.74 Å². The van der Waals surface area contributed by atoms with Crippen LogP contribution in [0.5, 0.6) is 5.75 Å². The summed E-state index contributed by atoms with van der Waals surface area (Å²) in [7, 11) is 4.18. The zero-order valence-corrected chi connectivity index (χ0v) is 15.0. The van der Waals surface area contributed by atoms with Gasteiger partial charge in [-0.3, -0.25) is 4.90 Å². The molecule has 1 aliphatic rings. The molecule has 0 amide bonds. The molecule has 0 bridgehead atoms. The maximum atomic E-state index is 6.38. The highest BCUT2D eigenvalue weighted by Crippen LogP contribution is 2.37. The SMILES string of the molecule is CCOc1c(Cl)cc(C(CN(C)C)N2CCNCC2)cc1Cl. The maximum Gasteiger partial charge on any atom is 0.156 e. The van der Waals surface area contributed by atoms with E-state index in [2.05, 4.69) is 29.2 Å². The molecule has 1 heterocycles. The largest absolute Gasteiger partial charge is 0.491 e. The van der Waals surface area contributed by atoms with Crippen LogP contribution in [0.25, 0.3) is 0 Å². The van der Waals surface area contributed by atoms with E-state index < -0.39 is 0 Å². The molecule has 1 unspecified atom stereocenters. The molecular formula is C16H25Cl2N3O. The molecule has 1 aromatic carbocycles. The van der Waals surface area contributed by atoms with E-state index in [1.165, 1.54) is 0 Å². The van der Waals surface area contributed by atoms with Gasteiger partial charge in [0.05, 0.1) is 16.7 Å². The van der Waals surface area contributed by atoms with Gasteiger partial charge in [-0.15, -0.1) is 0 Å². The lowest BCUT2D eigenvalue weighted by Crippen LogP contribution is -2.47. The molecule has 0 spiro atoms. The first-order chi connectivity index (χ1) is 10.5. The molecule has 1 saturated heterocycles. The second kappa shape index (κ2) is 8.37. The summed E-state index contributed by atoms with van der Waals surface area (Å²) in [6.45, 7) is 7.50. The van der Waals surface area contributed by atoms with Crippen LogP contribution in [0.1, 0.15) is 18.5 Å². The van der Waals surface area contributed by atoms with Gasteiger partial charge in [0, 0.05) is 38.8 Å². The molecule has 0 aromatic heterocycles. The van der Waals surface area contributed by atoms with Crippen molar-refractivity contribution in [3.05, 3.63) is 27.7 Å². The molecule has 0 aliphatic carbocycles. The first-order valence-electron chi connectivity index (χ1n) is 7.74. The maximum absolute atomic E-state index is 6.38. The molecule has 1 N–H and O–H groups in total. The highest BCUT2D eigenvalue weighted by Gasteiger charge is 2.24. The minimum atomic E-state index is 0.280. The van der Waals surface area contributed by atoms with Gasteiger partial charge in [0.2, 0.25) is 0 Å². The van der Waals surface area contributed by atoms with Crippen molar-refractivity contribution in [3.63, 3.8) is 0 Å². The zero-order chi connectivity index (χ0) is 16.1. The Hall–Kier alpha value is -0.520. The fourth-order valence-electron chi connectivity index (χ4n) is 2.83. The lowest BCUT2D eigenvalue weighted by atomic mass is 10.0. The average molecular weight is 346 g/mol. The summed E-state index contributed by atoms with van der Waals surface area (Å²) >= 11 is 12.8. The fraction of sp³-hybridized carbons (Fsp3) is 0.625. The molecule has 0 saturated carbocycles. The van der Waals surface area contributed by atoms with Crippen LogP contribution in [0.2, 0.25) is 10.0 Å². The molecule has 4 nitrogen and oxygen atoms in total. The molecular weight excluding hydrogens is 321 g/mol. The highest BCUT2D eigenvalue weighted by molar-refractivity contribution is 6.37. The molecule has 1 atom stereocenters. The van der Waals surface area contributed by atoms with Crippen molar-refractivity contribution in [1.29, 1.82) is 0 Å². The smallest absolute Gasteiger partial charge is 0.156 e. The molecule has 1 aromatic rings. The summed E-state index contributed by atoms with van der Waals surface area (Å²) < 4.78 is 5.53. The second-order valence-corrected chi connectivity index (χ2v) is 6.63. The van der Waals surface area contributed by atoms with E-state index in [1.54, 1.807) is 0 Å². The Morgan fingerprint density at radius 3 is 2.32 bits per heavy atom. The van der Waals surface area contributed by atoms with Crippen LogP contribution >= 0.6 is 23.2 Å². The van der Waals surface area contributed by atoms with Gasteiger partial charge in [0.1, 0.15) is 0 Å². The summed E-state index contributed by atoms with van der Waals surface area (Å²) in [6, 6.07) is 4.27. The van der Waals surface area contributed by atoms with Crippen LogP contribution in [-0.2, 0) is 0 Å². The lowest BCUT2D eigenvalue weighted by molar-refractivity contribution is 0.144. The van der Waals surface area contributed by atoms with Crippen LogP contribution in [0.3, 0.4) is 0 Å². The van der Waals surface area contributed by atoms with E-state index in [0.717, 1.165) is 38.3 Å². The Bertz CT molecular complexity index is 467. The number of benzene rings is 1. The number of piperazine rings is 1. The Morgan fingerprint density at radius 1 is 1.23 bits per heavy atom. The number of likely N-dealkylation sites (N-methyl/N-ethyl adjacent to an activating group) is 1. The van der Waals surface area contributed by atoms with Crippen molar-refractivity contribution in [1.82, 2.24) is 15.1 Å². The summed E-state index contributed by atoms with van der Waals surface area (Å²) in [5.74, 6) is 0.582. The summed E-state index contributed by atoms with van der Waals surface area (Å²) in [4.78, 5) is 4.68. The van der Waals surface area contributed by atoms with E-state index in [0.29, 0.717) is 22.4 Å². The zero-order valence-electron chi connectivity index (χ0n) is 13.5. The van der Waals surface area contributed by atoms with Crippen LogP contribution < -0.4 is 10.1 Å². The molecule has 0 radical (unpaired) electrons. The summed E-state index contributed by atoms with van der Waals surface area (Å²) in [5.41, 5.74) is 1.15. The highest BCUT2D eigenvalue weighted by atomic mass is 35.5. The minimum absolute atomic E-state index is 0.280. The number of hydrogen-bond donors (Lipinski definition) is 1. The molecule has 1 aliphatic heterocycles. The predicted molar refractivity (Wildman–Crippen MR) is 93.4 cm³/mol. The van der Waals surface area contributed by atoms with E-state index in [1.807, 2.05) is 19.1 Å². The molecule has 124 valence electrons. The van der Waals surface area contributed by atoms with E-state index in [4.69, 9.17) is 27.9 Å². The van der Waals surface area contributed by atoms with Gasteiger partial charge in [0.15, 0.2) is 5.75 Å². The third kappa shape index (κ3) is 4.49. The summed E-state index contributed by atoms with van der Waals surface area (Å²) in [6.07, 6.45) is 0. The molecule has 1 fully saturated rings. The number of halogens is 2. The number of ether oxygens (including phenoxy) is 1. The van der Waals surface area contributed by atoms with Gasteiger partial charge in [-0.25, -0.2) is 0 Å². The van der Waals surface area contributed by atoms with Gasteiger partial charge in [-0.2, -0.15) is 0 Å². The number of hydrogen-bond acceptors (Lipinski definition) is 4. The Balaban J connectivity index is 2.30. The van der Waals surface area contributed by atoms with Gasteiger partial charge in [-0.1, -0.05) is 23.2 Å². The first-order valence-corrected chi connectivity index (χ1v) is 8.49. The summed E-state index contributed by atoms with van der Waals surface area (Å²) in [5, 5.41) is 4.57. The second-order valence-electron chi connectivity index (χ2n) is 5.81. The van der Waals surface area contributed by atoms with E-state index >= 15 is 0 Å². The number of nitrogens with zero attached hydrogens (tertiary/aromatic N) is 2. The van der Waals surface area contributed by atoms with Crippen LogP contribution in [0.4, 0.5) is 0 Å². The van der Waals surface area contributed by atoms with E-state index in [-0.39, 0.29) is 6.04 Å². The Kier molecular flexibility index (Phi) is 6.78. The van der Waals surface area contributed by atoms with Crippen molar-refractivity contribution in [3.8, 4) is 5.75 Å². The number of rotatable bonds is 6. The van der Waals surface area contributed by atoms with Gasteiger partial charge < -0.3 is 15.0 Å². The monoisotopic (exact) mass is 345 g/mol. The van der Waals surface area contributed by atoms with Crippen LogP contribution in [0.15, 0.2) is 12.1 Å². The average Bonchev–Trinajstić information content (AvgIpc) is 2.49. The fourth-order valence-corrected chi connectivity index (χ4v) is 3.44. The number of nitrogens with one attached hydrogen (secondary N) is 1. The lowest BCUT2D eigenvalue weighted by Gasteiger charge is -2.37. The van der Waals surface area contributed by atoms with E-state index in [9.17, 15) is 0 Å². The molecule has 22 heavy (non-hydrogen) atoms. The van der Waals surface area contributed by atoms with Crippen LogP contribution in [0, 0.1) is 0 Å². The van der Waals surface area contributed by atoms with Crippen molar-refractivity contribution in [2.75, 3.05) is 53.4 Å². The normalized spacial score (nSPS) is 17.7. The van der Waals surface area contributed by atoms with Crippen molar-refractivity contribution in [2.45, 2.75) is 13.0 Å². The topological polar surface area (TPSA) is 27.7 Å². The van der Waals surface area contributed by atoms with Crippen molar-refractivity contribution in [2.24, 2.45) is 0 Å². The van der Waals surface area contributed by atoms with Gasteiger partial charge in [-0.05, 0) is 38.7 Å². The predicted octanol–water partition coefficient (Wildman–Crippen LogP) is 2.90. The third-order valence-electron chi connectivity index (χ3n) is 3.82.